The van der Waals surface area contributed by atoms with Crippen molar-refractivity contribution in [2.24, 2.45) is 0 Å². The number of aliphatic carboxylic acids is 1. The van der Waals surface area contributed by atoms with Crippen LogP contribution < -0.4 is 4.90 Å². The number of anilines is 1. The number of nitrogens with zero attached hydrogens (tertiary/aromatic N) is 1. The van der Waals surface area contributed by atoms with Crippen molar-refractivity contribution >= 4 is 22.4 Å². The molecule has 1 N–H and O–H groups in total. The van der Waals surface area contributed by atoms with Gasteiger partial charge in [-0.2, -0.15) is 0 Å². The normalized spacial score (nSPS) is 15.9. The van der Waals surface area contributed by atoms with Gasteiger partial charge in [-0.3, -0.25) is 4.79 Å². The summed E-state index contributed by atoms with van der Waals surface area (Å²) in [6.07, 6.45) is 1.78. The molecule has 0 spiro atoms. The summed E-state index contributed by atoms with van der Waals surface area (Å²) in [6.45, 7) is 9.59. The molecule has 0 saturated carbocycles. The van der Waals surface area contributed by atoms with Gasteiger partial charge in [0.1, 0.15) is 0 Å². The second-order valence-electron chi connectivity index (χ2n) is 6.76. The Balaban J connectivity index is 1.95. The highest BCUT2D eigenvalue weighted by Gasteiger charge is 2.39. The minimum Gasteiger partial charge on any atom is -0.481 e. The van der Waals surface area contributed by atoms with Crippen molar-refractivity contribution in [3.05, 3.63) is 54.2 Å². The zero-order valence-corrected chi connectivity index (χ0v) is 13.8. The van der Waals surface area contributed by atoms with Crippen molar-refractivity contribution in [3.8, 4) is 0 Å². The van der Waals surface area contributed by atoms with Crippen LogP contribution in [0.3, 0.4) is 0 Å². The van der Waals surface area contributed by atoms with Gasteiger partial charge in [-0.1, -0.05) is 50.8 Å². The molecule has 3 rings (SSSR count). The number of hydrogen-bond acceptors (Lipinski definition) is 2. The first kappa shape index (κ1) is 15.6. The topological polar surface area (TPSA) is 40.5 Å². The van der Waals surface area contributed by atoms with Gasteiger partial charge >= 0.3 is 5.97 Å². The first-order valence-electron chi connectivity index (χ1n) is 8.14. The second-order valence-corrected chi connectivity index (χ2v) is 6.76. The van der Waals surface area contributed by atoms with Crippen molar-refractivity contribution in [1.29, 1.82) is 0 Å². The molecule has 0 radical (unpaired) electrons. The molecule has 0 fully saturated rings. The van der Waals surface area contributed by atoms with Crippen LogP contribution in [0.2, 0.25) is 0 Å². The van der Waals surface area contributed by atoms with E-state index in [-0.39, 0.29) is 11.8 Å². The van der Waals surface area contributed by atoms with E-state index in [1.165, 1.54) is 22.0 Å². The Morgan fingerprint density at radius 1 is 1.17 bits per heavy atom. The maximum absolute atomic E-state index is 10.7. The number of carbonyl (C=O) groups is 1. The molecule has 1 heterocycles. The van der Waals surface area contributed by atoms with E-state index >= 15 is 0 Å². The van der Waals surface area contributed by atoms with Crippen molar-refractivity contribution in [3.63, 3.8) is 0 Å². The summed E-state index contributed by atoms with van der Waals surface area (Å²) >= 11 is 0. The lowest BCUT2D eigenvalue weighted by molar-refractivity contribution is -0.137. The second kappa shape index (κ2) is 5.73. The number of hydrogen-bond donors (Lipinski definition) is 1. The van der Waals surface area contributed by atoms with Crippen LogP contribution in [-0.2, 0) is 10.2 Å². The molecule has 0 aromatic heterocycles. The summed E-state index contributed by atoms with van der Waals surface area (Å²) in [6, 6.07) is 12.8. The summed E-state index contributed by atoms with van der Waals surface area (Å²) in [5.74, 6) is -0.725. The first-order valence-corrected chi connectivity index (χ1v) is 8.14. The Morgan fingerprint density at radius 3 is 2.65 bits per heavy atom. The molecule has 2 aromatic rings. The van der Waals surface area contributed by atoms with E-state index in [0.717, 1.165) is 18.7 Å². The van der Waals surface area contributed by atoms with Crippen LogP contribution in [0, 0.1) is 0 Å². The molecule has 3 heteroatoms. The zero-order valence-electron chi connectivity index (χ0n) is 13.8. The van der Waals surface area contributed by atoms with Crippen LogP contribution in [0.4, 0.5) is 5.69 Å². The number of benzene rings is 2. The third-order valence-electron chi connectivity index (χ3n) is 4.89. The third kappa shape index (κ3) is 2.61. The van der Waals surface area contributed by atoms with Crippen molar-refractivity contribution in [1.82, 2.24) is 0 Å². The first-order chi connectivity index (χ1) is 10.9. The Hall–Kier alpha value is -2.29. The van der Waals surface area contributed by atoms with Crippen molar-refractivity contribution < 1.29 is 9.90 Å². The van der Waals surface area contributed by atoms with Gasteiger partial charge in [0.25, 0.3) is 0 Å². The Bertz CT molecular complexity index is 776. The number of allylic oxidation sites excluding steroid dienone is 1. The fourth-order valence-corrected chi connectivity index (χ4v) is 3.57. The number of rotatable bonds is 5. The molecule has 2 aromatic carbocycles. The number of unbranched alkanes of at least 4 members (excludes halogenated alkanes) is 1. The monoisotopic (exact) mass is 309 g/mol. The lowest BCUT2D eigenvalue weighted by Crippen LogP contribution is -2.26. The van der Waals surface area contributed by atoms with E-state index in [2.05, 4.69) is 61.7 Å². The Morgan fingerprint density at radius 2 is 1.91 bits per heavy atom. The molecule has 120 valence electrons. The standard InChI is InChI=1S/C20H23NO2/c1-14-20(2,3)19-16-9-5-4-8-15(16)11-12-17(19)21(14)13-7-6-10-18(22)23/h4-5,8-9,11-12H,1,6-7,10,13H2,2-3H3,(H,22,23). The van der Waals surface area contributed by atoms with Gasteiger partial charge in [0.2, 0.25) is 0 Å². The molecule has 1 aliphatic heterocycles. The highest BCUT2D eigenvalue weighted by molar-refractivity contribution is 5.94. The molecular weight excluding hydrogens is 286 g/mol. The molecule has 0 bridgehead atoms. The maximum Gasteiger partial charge on any atom is 0.303 e. The number of fused-ring (bicyclic) bond motifs is 3. The highest BCUT2D eigenvalue weighted by atomic mass is 16.4. The van der Waals surface area contributed by atoms with Gasteiger partial charge in [0.05, 0.1) is 0 Å². The Labute approximate surface area is 137 Å². The molecule has 23 heavy (non-hydrogen) atoms. The van der Waals surface area contributed by atoms with Crippen LogP contribution in [0.15, 0.2) is 48.7 Å². The fraction of sp³-hybridized carbons (Fsp3) is 0.350. The summed E-state index contributed by atoms with van der Waals surface area (Å²) in [5.41, 5.74) is 3.54. The van der Waals surface area contributed by atoms with E-state index in [1.54, 1.807) is 0 Å². The summed E-state index contributed by atoms with van der Waals surface area (Å²) in [5, 5.41) is 11.3. The molecular formula is C20H23NO2. The van der Waals surface area contributed by atoms with Crippen molar-refractivity contribution in [2.45, 2.75) is 38.5 Å². The van der Waals surface area contributed by atoms with Gasteiger partial charge in [-0.15, -0.1) is 0 Å². The van der Waals surface area contributed by atoms with Crippen LogP contribution in [0.1, 0.15) is 38.7 Å². The van der Waals surface area contributed by atoms with E-state index in [1.807, 2.05) is 0 Å². The minimum atomic E-state index is -0.725. The maximum atomic E-state index is 10.7. The predicted molar refractivity (Wildman–Crippen MR) is 94.9 cm³/mol. The Kier molecular flexibility index (Phi) is 3.88. The van der Waals surface area contributed by atoms with Crippen LogP contribution in [-0.4, -0.2) is 17.6 Å². The molecule has 0 amide bonds. The van der Waals surface area contributed by atoms with Gasteiger partial charge in [-0.05, 0) is 35.2 Å². The molecule has 1 aliphatic rings. The SMILES string of the molecule is C=C1N(CCCCC(=O)O)c2ccc3ccccc3c2C1(C)C. The lowest BCUT2D eigenvalue weighted by atomic mass is 9.82. The van der Waals surface area contributed by atoms with Gasteiger partial charge in [0.15, 0.2) is 0 Å². The van der Waals surface area contributed by atoms with E-state index in [0.29, 0.717) is 6.42 Å². The minimum absolute atomic E-state index is 0.108. The molecule has 0 aliphatic carbocycles. The van der Waals surface area contributed by atoms with E-state index in [9.17, 15) is 4.79 Å². The zero-order chi connectivity index (χ0) is 16.6. The smallest absolute Gasteiger partial charge is 0.303 e. The molecule has 3 nitrogen and oxygen atoms in total. The number of carboxylic acid groups (broad SMARTS) is 1. The quantitative estimate of drug-likeness (QED) is 0.813. The van der Waals surface area contributed by atoms with Crippen molar-refractivity contribution in [2.75, 3.05) is 11.4 Å². The van der Waals surface area contributed by atoms with Crippen LogP contribution >= 0.6 is 0 Å². The average Bonchev–Trinajstić information content (AvgIpc) is 2.71. The number of carboxylic acids is 1. The molecule has 0 atom stereocenters. The summed E-state index contributed by atoms with van der Waals surface area (Å²) in [4.78, 5) is 12.9. The fourth-order valence-electron chi connectivity index (χ4n) is 3.57. The van der Waals surface area contributed by atoms with E-state index in [4.69, 9.17) is 5.11 Å². The van der Waals surface area contributed by atoms with Crippen LogP contribution in [0.5, 0.6) is 0 Å². The molecule has 0 unspecified atom stereocenters. The van der Waals surface area contributed by atoms with E-state index < -0.39 is 5.97 Å². The lowest BCUT2D eigenvalue weighted by Gasteiger charge is -2.26. The summed E-state index contributed by atoms with van der Waals surface area (Å²) in [7, 11) is 0. The van der Waals surface area contributed by atoms with Gasteiger partial charge < -0.3 is 10.0 Å². The molecule has 0 saturated heterocycles. The van der Waals surface area contributed by atoms with Gasteiger partial charge in [-0.25, -0.2) is 0 Å². The van der Waals surface area contributed by atoms with Gasteiger partial charge in [0, 0.05) is 29.8 Å². The third-order valence-corrected chi connectivity index (χ3v) is 4.89. The predicted octanol–water partition coefficient (Wildman–Crippen LogP) is 4.71. The largest absolute Gasteiger partial charge is 0.481 e. The van der Waals surface area contributed by atoms with Crippen LogP contribution in [0.25, 0.3) is 10.8 Å². The summed E-state index contributed by atoms with van der Waals surface area (Å²) < 4.78 is 0. The average molecular weight is 309 g/mol. The highest BCUT2D eigenvalue weighted by Crippen LogP contribution is 2.49.